The second kappa shape index (κ2) is 12.2. The third kappa shape index (κ3) is 6.38. The van der Waals surface area contributed by atoms with Crippen LogP contribution in [0.5, 0.6) is 0 Å². The molecule has 8 heteroatoms. The number of halogens is 2. The van der Waals surface area contributed by atoms with Crippen LogP contribution in [0.3, 0.4) is 0 Å². The first-order valence-corrected chi connectivity index (χ1v) is 14.2. The molecule has 0 radical (unpaired) electrons. The van der Waals surface area contributed by atoms with E-state index >= 15 is 0 Å². The summed E-state index contributed by atoms with van der Waals surface area (Å²) in [5.41, 5.74) is 3.02. The van der Waals surface area contributed by atoms with Gasteiger partial charge in [0.15, 0.2) is 11.0 Å². The van der Waals surface area contributed by atoms with Gasteiger partial charge in [-0.1, -0.05) is 108 Å². The van der Waals surface area contributed by atoms with Gasteiger partial charge in [0.1, 0.15) is 0 Å². The van der Waals surface area contributed by atoms with Crippen molar-refractivity contribution in [1.29, 1.82) is 0 Å². The molecule has 1 fully saturated rings. The van der Waals surface area contributed by atoms with Gasteiger partial charge in [-0.2, -0.15) is 0 Å². The number of aromatic nitrogens is 3. The van der Waals surface area contributed by atoms with E-state index in [4.69, 9.17) is 23.2 Å². The normalized spacial score (nSPS) is 14.5. The van der Waals surface area contributed by atoms with Crippen molar-refractivity contribution in [3.05, 3.63) is 106 Å². The zero-order chi connectivity index (χ0) is 25.6. The molecule has 1 unspecified atom stereocenters. The van der Waals surface area contributed by atoms with Crippen molar-refractivity contribution in [2.75, 3.05) is 0 Å². The number of benzene rings is 3. The van der Waals surface area contributed by atoms with Crippen molar-refractivity contribution in [3.8, 4) is 5.69 Å². The van der Waals surface area contributed by atoms with Crippen LogP contribution in [0.2, 0.25) is 10.0 Å². The maximum atomic E-state index is 13.3. The van der Waals surface area contributed by atoms with Crippen molar-refractivity contribution in [1.82, 2.24) is 20.1 Å². The van der Waals surface area contributed by atoms with Crippen molar-refractivity contribution < 1.29 is 4.79 Å². The quantitative estimate of drug-likeness (QED) is 0.220. The molecule has 1 aliphatic rings. The molecule has 190 valence electrons. The van der Waals surface area contributed by atoms with Crippen LogP contribution in [0.4, 0.5) is 0 Å². The van der Waals surface area contributed by atoms with Crippen LogP contribution >= 0.6 is 35.0 Å². The van der Waals surface area contributed by atoms with E-state index in [1.807, 2.05) is 53.1 Å². The first-order chi connectivity index (χ1) is 18.1. The SMILES string of the molecule is O=C(NC(Cc1ccccc1)c1nnc(SCc2ccccc2)n1-c1ccc(Cl)cc1Cl)C1CCCC1. The number of nitrogens with one attached hydrogen (secondary N) is 1. The van der Waals surface area contributed by atoms with Crippen molar-refractivity contribution in [2.45, 2.75) is 49.1 Å². The fraction of sp³-hybridized carbons (Fsp3) is 0.276. The minimum absolute atomic E-state index is 0.0423. The number of nitrogens with zero attached hydrogens (tertiary/aromatic N) is 3. The predicted octanol–water partition coefficient (Wildman–Crippen LogP) is 7.46. The van der Waals surface area contributed by atoms with E-state index in [2.05, 4.69) is 39.8 Å². The van der Waals surface area contributed by atoms with Crippen LogP contribution in [0, 0.1) is 5.92 Å². The molecule has 4 aromatic rings. The van der Waals surface area contributed by atoms with Gasteiger partial charge in [-0.05, 0) is 48.6 Å². The number of hydrogen-bond donors (Lipinski definition) is 1. The molecule has 1 aromatic heterocycles. The van der Waals surface area contributed by atoms with E-state index < -0.39 is 0 Å². The molecular weight excluding hydrogens is 523 g/mol. The van der Waals surface area contributed by atoms with Gasteiger partial charge >= 0.3 is 0 Å². The van der Waals surface area contributed by atoms with Gasteiger partial charge in [0.05, 0.1) is 16.8 Å². The molecule has 0 saturated heterocycles. The highest BCUT2D eigenvalue weighted by molar-refractivity contribution is 7.98. The molecule has 3 aromatic carbocycles. The van der Waals surface area contributed by atoms with Crippen LogP contribution < -0.4 is 5.32 Å². The fourth-order valence-corrected chi connectivity index (χ4v) is 6.15. The minimum Gasteiger partial charge on any atom is -0.345 e. The number of thioether (sulfide) groups is 1. The third-order valence-electron chi connectivity index (χ3n) is 6.66. The first-order valence-electron chi connectivity index (χ1n) is 12.5. The summed E-state index contributed by atoms with van der Waals surface area (Å²) in [6.07, 6.45) is 4.64. The Morgan fingerprint density at radius 3 is 2.30 bits per heavy atom. The average molecular weight is 552 g/mol. The maximum absolute atomic E-state index is 13.3. The molecule has 37 heavy (non-hydrogen) atoms. The van der Waals surface area contributed by atoms with Crippen molar-refractivity contribution >= 4 is 40.9 Å². The molecule has 5 rings (SSSR count). The van der Waals surface area contributed by atoms with Crippen molar-refractivity contribution in [3.63, 3.8) is 0 Å². The molecule has 5 nitrogen and oxygen atoms in total. The summed E-state index contributed by atoms with van der Waals surface area (Å²) in [6.45, 7) is 0. The Kier molecular flexibility index (Phi) is 8.49. The molecule has 1 N–H and O–H groups in total. The molecule has 1 saturated carbocycles. The summed E-state index contributed by atoms with van der Waals surface area (Å²) in [5.74, 6) is 1.49. The largest absolute Gasteiger partial charge is 0.345 e. The smallest absolute Gasteiger partial charge is 0.223 e. The number of carbonyl (C=O) groups excluding carboxylic acids is 1. The van der Waals surface area contributed by atoms with E-state index in [9.17, 15) is 4.79 Å². The Morgan fingerprint density at radius 1 is 0.946 bits per heavy atom. The van der Waals surface area contributed by atoms with Gasteiger partial charge in [0.25, 0.3) is 0 Å². The lowest BCUT2D eigenvalue weighted by Crippen LogP contribution is -2.35. The number of carbonyl (C=O) groups is 1. The minimum atomic E-state index is -0.374. The van der Waals surface area contributed by atoms with Gasteiger partial charge in [-0.3, -0.25) is 9.36 Å². The van der Waals surface area contributed by atoms with E-state index in [1.165, 1.54) is 5.56 Å². The molecule has 1 heterocycles. The third-order valence-corrected chi connectivity index (χ3v) is 8.19. The van der Waals surface area contributed by atoms with Crippen LogP contribution in [0.25, 0.3) is 5.69 Å². The monoisotopic (exact) mass is 550 g/mol. The Balaban J connectivity index is 1.54. The maximum Gasteiger partial charge on any atom is 0.223 e. The molecule has 0 aliphatic heterocycles. The van der Waals surface area contributed by atoms with Gasteiger partial charge in [-0.25, -0.2) is 0 Å². The van der Waals surface area contributed by atoms with Crippen LogP contribution in [-0.2, 0) is 17.0 Å². The Bertz CT molecular complexity index is 1340. The lowest BCUT2D eigenvalue weighted by atomic mass is 10.0. The number of amides is 1. The molecular formula is C29H28Cl2N4OS. The molecule has 0 spiro atoms. The van der Waals surface area contributed by atoms with Gasteiger partial charge in [0, 0.05) is 16.7 Å². The summed E-state index contributed by atoms with van der Waals surface area (Å²) in [6, 6.07) is 25.4. The molecule has 0 bridgehead atoms. The highest BCUT2D eigenvalue weighted by Crippen LogP contribution is 2.34. The number of hydrogen-bond acceptors (Lipinski definition) is 4. The highest BCUT2D eigenvalue weighted by Gasteiger charge is 2.29. The Morgan fingerprint density at radius 2 is 1.62 bits per heavy atom. The van der Waals surface area contributed by atoms with Gasteiger partial charge < -0.3 is 5.32 Å². The second-order valence-electron chi connectivity index (χ2n) is 9.28. The lowest BCUT2D eigenvalue weighted by molar-refractivity contribution is -0.125. The topological polar surface area (TPSA) is 59.8 Å². The summed E-state index contributed by atoms with van der Waals surface area (Å²) >= 11 is 14.5. The molecule has 1 aliphatic carbocycles. The first kappa shape index (κ1) is 25.8. The average Bonchev–Trinajstić information content (AvgIpc) is 3.59. The molecule has 1 amide bonds. The Hall–Kier alpha value is -2.80. The summed E-state index contributed by atoms with van der Waals surface area (Å²) < 4.78 is 1.97. The van der Waals surface area contributed by atoms with Crippen LogP contribution in [0.15, 0.2) is 84.0 Å². The van der Waals surface area contributed by atoms with Crippen molar-refractivity contribution in [2.24, 2.45) is 5.92 Å². The van der Waals surface area contributed by atoms with E-state index in [0.717, 1.165) is 42.7 Å². The summed E-state index contributed by atoms with van der Waals surface area (Å²) in [7, 11) is 0. The highest BCUT2D eigenvalue weighted by atomic mass is 35.5. The lowest BCUT2D eigenvalue weighted by Gasteiger charge is -2.22. The van der Waals surface area contributed by atoms with Gasteiger partial charge in [-0.15, -0.1) is 10.2 Å². The predicted molar refractivity (Wildman–Crippen MR) is 150 cm³/mol. The number of rotatable bonds is 9. The van der Waals surface area contributed by atoms with E-state index in [1.54, 1.807) is 17.8 Å². The second-order valence-corrected chi connectivity index (χ2v) is 11.1. The Labute approximate surface area is 231 Å². The van der Waals surface area contributed by atoms with E-state index in [-0.39, 0.29) is 17.9 Å². The van der Waals surface area contributed by atoms with Crippen LogP contribution in [0.1, 0.15) is 48.7 Å². The zero-order valence-electron chi connectivity index (χ0n) is 20.3. The zero-order valence-corrected chi connectivity index (χ0v) is 22.6. The molecule has 1 atom stereocenters. The standard InChI is InChI=1S/C29H28Cl2N4OS/c30-23-15-16-26(24(31)18-23)35-27(33-34-29(35)37-19-21-11-5-2-6-12-21)25(17-20-9-3-1-4-10-20)32-28(36)22-13-7-8-14-22/h1-6,9-12,15-16,18,22,25H,7-8,13-14,17,19H2,(H,32,36). The summed E-state index contributed by atoms with van der Waals surface area (Å²) in [4.78, 5) is 13.3. The van der Waals surface area contributed by atoms with Gasteiger partial charge in [0.2, 0.25) is 5.91 Å². The fourth-order valence-electron chi connectivity index (χ4n) is 4.75. The summed E-state index contributed by atoms with van der Waals surface area (Å²) in [5, 5.41) is 14.3. The van der Waals surface area contributed by atoms with Crippen LogP contribution in [-0.4, -0.2) is 20.7 Å². The van der Waals surface area contributed by atoms with E-state index in [0.29, 0.717) is 27.4 Å².